The lowest BCUT2D eigenvalue weighted by Crippen LogP contribution is -1.91. The van der Waals surface area contributed by atoms with Gasteiger partial charge in [0.05, 0.1) is 0 Å². The minimum Gasteiger partial charge on any atom is -0.390 e. The first-order valence-corrected chi connectivity index (χ1v) is 6.14. The van der Waals surface area contributed by atoms with Gasteiger partial charge in [0.2, 0.25) is 0 Å². The van der Waals surface area contributed by atoms with Crippen LogP contribution in [0.4, 0.5) is 0 Å². The molecule has 0 aliphatic rings. The zero-order chi connectivity index (χ0) is 13.5. The van der Waals surface area contributed by atoms with Gasteiger partial charge < -0.3 is 4.84 Å². The summed E-state index contributed by atoms with van der Waals surface area (Å²) < 4.78 is 0. The number of hydrogen-bond acceptors (Lipinski definition) is 2. The molecule has 2 rings (SSSR count). The molecule has 0 bridgehead atoms. The predicted molar refractivity (Wildman–Crippen MR) is 79.0 cm³/mol. The molecule has 0 aliphatic carbocycles. The molecule has 19 heavy (non-hydrogen) atoms. The van der Waals surface area contributed by atoms with E-state index < -0.39 is 0 Å². The Morgan fingerprint density at radius 1 is 1.16 bits per heavy atom. The van der Waals surface area contributed by atoms with Crippen LogP contribution >= 0.6 is 0 Å². The number of benzene rings is 2. The van der Waals surface area contributed by atoms with Gasteiger partial charge >= 0.3 is 0 Å². The van der Waals surface area contributed by atoms with Crippen LogP contribution in [0.15, 0.2) is 60.3 Å². The maximum absolute atomic E-state index is 5.26. The SMILES string of the molecule is C=Cc1ccccc1CO/N=[C]\c1ccc(C)cc1. The first-order valence-electron chi connectivity index (χ1n) is 6.14. The van der Waals surface area contributed by atoms with Gasteiger partial charge in [-0.3, -0.25) is 0 Å². The number of rotatable bonds is 5. The van der Waals surface area contributed by atoms with Crippen molar-refractivity contribution in [3.8, 4) is 0 Å². The Balaban J connectivity index is 1.93. The minimum atomic E-state index is 0.418. The smallest absolute Gasteiger partial charge is 0.142 e. The molecule has 0 aromatic heterocycles. The van der Waals surface area contributed by atoms with Crippen LogP contribution in [0.1, 0.15) is 22.3 Å². The van der Waals surface area contributed by atoms with Gasteiger partial charge in [-0.15, -0.1) is 0 Å². The third kappa shape index (κ3) is 3.81. The average molecular weight is 250 g/mol. The summed E-state index contributed by atoms with van der Waals surface area (Å²) in [7, 11) is 0. The quantitative estimate of drug-likeness (QED) is 0.579. The molecular weight excluding hydrogens is 234 g/mol. The van der Waals surface area contributed by atoms with Crippen LogP contribution in [0.5, 0.6) is 0 Å². The third-order valence-corrected chi connectivity index (χ3v) is 2.79. The summed E-state index contributed by atoms with van der Waals surface area (Å²) in [4.78, 5) is 5.26. The molecule has 0 unspecified atom stereocenters. The second-order valence-electron chi connectivity index (χ2n) is 4.25. The molecule has 0 saturated heterocycles. The molecule has 0 amide bonds. The van der Waals surface area contributed by atoms with Crippen molar-refractivity contribution in [2.24, 2.45) is 5.16 Å². The van der Waals surface area contributed by atoms with E-state index in [0.29, 0.717) is 6.61 Å². The summed E-state index contributed by atoms with van der Waals surface area (Å²) in [6.45, 7) is 6.24. The van der Waals surface area contributed by atoms with E-state index in [1.54, 1.807) is 0 Å². The normalized spacial score (nSPS) is 10.6. The zero-order valence-corrected chi connectivity index (χ0v) is 11.0. The molecule has 0 atom stereocenters. The molecule has 2 aromatic rings. The summed E-state index contributed by atoms with van der Waals surface area (Å²) in [6, 6.07) is 15.9. The topological polar surface area (TPSA) is 21.6 Å². The van der Waals surface area contributed by atoms with Crippen LogP contribution in [-0.2, 0) is 11.4 Å². The van der Waals surface area contributed by atoms with Gasteiger partial charge in [-0.25, -0.2) is 0 Å². The van der Waals surface area contributed by atoms with E-state index in [1.807, 2.05) is 61.5 Å². The van der Waals surface area contributed by atoms with E-state index in [0.717, 1.165) is 16.7 Å². The highest BCUT2D eigenvalue weighted by Gasteiger charge is 1.97. The van der Waals surface area contributed by atoms with E-state index in [-0.39, 0.29) is 0 Å². The third-order valence-electron chi connectivity index (χ3n) is 2.79. The second-order valence-corrected chi connectivity index (χ2v) is 4.25. The minimum absolute atomic E-state index is 0.418. The Labute approximate surface area is 114 Å². The van der Waals surface area contributed by atoms with E-state index in [1.165, 1.54) is 5.56 Å². The highest BCUT2D eigenvalue weighted by molar-refractivity contribution is 5.79. The van der Waals surface area contributed by atoms with Gasteiger partial charge in [0.1, 0.15) is 12.8 Å². The molecule has 0 heterocycles. The molecule has 2 heteroatoms. The summed E-state index contributed by atoms with van der Waals surface area (Å²) >= 11 is 0. The van der Waals surface area contributed by atoms with Crippen LogP contribution in [0.3, 0.4) is 0 Å². The van der Waals surface area contributed by atoms with Crippen molar-refractivity contribution >= 4 is 12.3 Å². The maximum atomic E-state index is 5.26. The monoisotopic (exact) mass is 250 g/mol. The maximum Gasteiger partial charge on any atom is 0.142 e. The summed E-state index contributed by atoms with van der Waals surface area (Å²) in [5, 5.41) is 3.86. The Morgan fingerprint density at radius 3 is 2.63 bits per heavy atom. The van der Waals surface area contributed by atoms with Crippen molar-refractivity contribution in [3.63, 3.8) is 0 Å². The standard InChI is InChI=1S/C17H16NO/c1-3-16-6-4-5-7-17(16)13-19-18-12-15-10-8-14(2)9-11-15/h3-11H,1,13H2,2H3. The predicted octanol–water partition coefficient (Wildman–Crippen LogP) is 4.07. The van der Waals surface area contributed by atoms with Crippen molar-refractivity contribution in [1.29, 1.82) is 0 Å². The van der Waals surface area contributed by atoms with E-state index in [9.17, 15) is 0 Å². The average Bonchev–Trinajstić information content (AvgIpc) is 2.46. The van der Waals surface area contributed by atoms with Gasteiger partial charge in [-0.05, 0) is 18.1 Å². The van der Waals surface area contributed by atoms with Crippen LogP contribution < -0.4 is 0 Å². The first-order chi connectivity index (χ1) is 9.29. The van der Waals surface area contributed by atoms with Crippen molar-refractivity contribution < 1.29 is 4.84 Å². The fourth-order valence-corrected chi connectivity index (χ4v) is 1.68. The molecule has 2 nitrogen and oxygen atoms in total. The van der Waals surface area contributed by atoms with Gasteiger partial charge in [0, 0.05) is 5.56 Å². The molecule has 0 fully saturated rings. The lowest BCUT2D eigenvalue weighted by Gasteiger charge is -2.03. The summed E-state index contributed by atoms with van der Waals surface area (Å²) in [6.07, 6.45) is 4.67. The zero-order valence-electron chi connectivity index (χ0n) is 11.0. The number of nitrogens with zero attached hydrogens (tertiary/aromatic N) is 1. The summed E-state index contributed by atoms with van der Waals surface area (Å²) in [5.41, 5.74) is 4.24. The number of aryl methyl sites for hydroxylation is 1. The van der Waals surface area contributed by atoms with Gasteiger partial charge in [-0.2, -0.15) is 0 Å². The lowest BCUT2D eigenvalue weighted by molar-refractivity contribution is 0.132. The number of hydrogen-bond donors (Lipinski definition) is 0. The van der Waals surface area contributed by atoms with E-state index in [4.69, 9.17) is 4.84 Å². The second kappa shape index (κ2) is 6.55. The Bertz CT molecular complexity index is 570. The van der Waals surface area contributed by atoms with Crippen molar-refractivity contribution in [1.82, 2.24) is 0 Å². The van der Waals surface area contributed by atoms with Crippen LogP contribution in [0.25, 0.3) is 6.08 Å². The molecule has 0 N–H and O–H groups in total. The van der Waals surface area contributed by atoms with Crippen LogP contribution in [0, 0.1) is 6.92 Å². The molecule has 0 aliphatic heterocycles. The van der Waals surface area contributed by atoms with Crippen molar-refractivity contribution in [2.75, 3.05) is 0 Å². The molecule has 0 saturated carbocycles. The Kier molecular flexibility index (Phi) is 4.51. The molecule has 2 aromatic carbocycles. The van der Waals surface area contributed by atoms with Gasteiger partial charge in [-0.1, -0.05) is 71.9 Å². The Hall–Kier alpha value is -2.35. The Morgan fingerprint density at radius 2 is 1.89 bits per heavy atom. The largest absolute Gasteiger partial charge is 0.390 e. The van der Waals surface area contributed by atoms with Crippen LogP contribution in [0.2, 0.25) is 0 Å². The highest BCUT2D eigenvalue weighted by atomic mass is 16.6. The van der Waals surface area contributed by atoms with E-state index >= 15 is 0 Å². The lowest BCUT2D eigenvalue weighted by atomic mass is 10.1. The van der Waals surface area contributed by atoms with Gasteiger partial charge in [0.15, 0.2) is 0 Å². The van der Waals surface area contributed by atoms with Gasteiger partial charge in [0.25, 0.3) is 0 Å². The van der Waals surface area contributed by atoms with E-state index in [2.05, 4.69) is 17.9 Å². The highest BCUT2D eigenvalue weighted by Crippen LogP contribution is 2.11. The van der Waals surface area contributed by atoms with Crippen molar-refractivity contribution in [2.45, 2.75) is 13.5 Å². The van der Waals surface area contributed by atoms with Crippen molar-refractivity contribution in [3.05, 3.63) is 77.4 Å². The molecule has 0 spiro atoms. The fourth-order valence-electron chi connectivity index (χ4n) is 1.68. The first kappa shape index (κ1) is 13.1. The molecule has 95 valence electrons. The van der Waals surface area contributed by atoms with Crippen LogP contribution in [-0.4, -0.2) is 6.21 Å². The molecular formula is C17H16NO. The molecule has 1 radical (unpaired) electrons. The summed E-state index contributed by atoms with van der Waals surface area (Å²) in [5.74, 6) is 0. The fraction of sp³-hybridized carbons (Fsp3) is 0.118.